The second kappa shape index (κ2) is 13.6. The summed E-state index contributed by atoms with van der Waals surface area (Å²) in [5.41, 5.74) is 0.997. The van der Waals surface area contributed by atoms with Gasteiger partial charge in [0.2, 0.25) is 0 Å². The van der Waals surface area contributed by atoms with Gasteiger partial charge in [0, 0.05) is 6.42 Å². The zero-order valence-corrected chi connectivity index (χ0v) is 16.2. The van der Waals surface area contributed by atoms with E-state index >= 15 is 0 Å². The zero-order valence-electron chi connectivity index (χ0n) is 15.4. The molecule has 0 aliphatic carbocycles. The lowest BCUT2D eigenvalue weighted by atomic mass is 10.1. The number of hydrogen-bond donors (Lipinski definition) is 1. The van der Waals surface area contributed by atoms with E-state index in [-0.39, 0.29) is 24.4 Å². The lowest BCUT2D eigenvalue weighted by Crippen LogP contribution is -2.24. The number of aliphatic hydroxyl groups is 1. The van der Waals surface area contributed by atoms with Gasteiger partial charge >= 0.3 is 11.9 Å². The molecule has 1 aromatic rings. The van der Waals surface area contributed by atoms with Gasteiger partial charge in [-0.25, -0.2) is 4.79 Å². The van der Waals surface area contributed by atoms with Gasteiger partial charge in [-0.1, -0.05) is 30.3 Å². The monoisotopic (exact) mass is 384 g/mol. The number of unbranched alkanes of at least 4 members (excludes halogenated alkanes) is 1. The number of carbonyl (C=O) groups excluding carboxylic acids is 2. The predicted molar refractivity (Wildman–Crippen MR) is 101 cm³/mol. The summed E-state index contributed by atoms with van der Waals surface area (Å²) in [6.45, 7) is 2.06. The summed E-state index contributed by atoms with van der Waals surface area (Å²) < 4.78 is 14.7. The van der Waals surface area contributed by atoms with E-state index < -0.39 is 12.1 Å². The average molecular weight is 384 g/mol. The van der Waals surface area contributed by atoms with E-state index in [1.807, 2.05) is 30.3 Å². The smallest absolute Gasteiger partial charge is 0.331 e. The van der Waals surface area contributed by atoms with Crippen LogP contribution in [0.15, 0.2) is 30.3 Å². The molecule has 0 fully saturated rings. The molecule has 7 heteroatoms. The largest absolute Gasteiger partial charge is 0.467 e. The summed E-state index contributed by atoms with van der Waals surface area (Å²) >= 11 is 1.61. The number of thioether (sulfide) groups is 1. The number of carbonyl (C=O) groups is 2. The van der Waals surface area contributed by atoms with E-state index in [9.17, 15) is 14.7 Å². The van der Waals surface area contributed by atoms with Gasteiger partial charge in [-0.05, 0) is 31.1 Å². The van der Waals surface area contributed by atoms with Crippen LogP contribution in [0.25, 0.3) is 0 Å². The summed E-state index contributed by atoms with van der Waals surface area (Å²) in [5, 5.41) is 10.3. The van der Waals surface area contributed by atoms with Gasteiger partial charge in [-0.3, -0.25) is 4.79 Å². The van der Waals surface area contributed by atoms with Crippen molar-refractivity contribution >= 4 is 23.7 Å². The Morgan fingerprint density at radius 3 is 2.54 bits per heavy atom. The molecule has 1 rings (SSSR count). The fourth-order valence-corrected chi connectivity index (χ4v) is 3.57. The summed E-state index contributed by atoms with van der Waals surface area (Å²) in [6, 6.07) is 9.68. The normalized spacial score (nSPS) is 13.0. The number of esters is 2. The van der Waals surface area contributed by atoms with Gasteiger partial charge in [-0.2, -0.15) is 11.8 Å². The lowest BCUT2D eigenvalue weighted by Gasteiger charge is -2.23. The minimum Gasteiger partial charge on any atom is -0.467 e. The molecular formula is C19H28O6S. The Kier molecular flexibility index (Phi) is 11.8. The van der Waals surface area contributed by atoms with Crippen LogP contribution in [0.1, 0.15) is 37.0 Å². The molecule has 2 atom stereocenters. The summed E-state index contributed by atoms with van der Waals surface area (Å²) in [7, 11) is 1.29. The Balaban J connectivity index is 2.47. The summed E-state index contributed by atoms with van der Waals surface area (Å²) in [5.74, 6) is 0.154. The number of rotatable bonds is 13. The predicted octanol–water partition coefficient (Wildman–Crippen LogP) is 2.74. The van der Waals surface area contributed by atoms with Crippen LogP contribution in [0.2, 0.25) is 0 Å². The molecule has 26 heavy (non-hydrogen) atoms. The Bertz CT molecular complexity index is 522. The molecule has 0 aliphatic heterocycles. The Labute approximate surface area is 159 Å². The first-order chi connectivity index (χ1) is 12.6. The van der Waals surface area contributed by atoms with Crippen LogP contribution in [0.3, 0.4) is 0 Å². The van der Waals surface area contributed by atoms with E-state index in [4.69, 9.17) is 9.47 Å². The van der Waals surface area contributed by atoms with E-state index in [0.717, 1.165) is 24.2 Å². The maximum atomic E-state index is 11.3. The maximum Gasteiger partial charge on any atom is 0.331 e. The van der Waals surface area contributed by atoms with Crippen molar-refractivity contribution in [2.75, 3.05) is 32.7 Å². The van der Waals surface area contributed by atoms with Gasteiger partial charge < -0.3 is 19.3 Å². The fourth-order valence-electron chi connectivity index (χ4n) is 2.30. The maximum absolute atomic E-state index is 11.3. The molecule has 1 N–H and O–H groups in total. The summed E-state index contributed by atoms with van der Waals surface area (Å²) in [6.07, 6.45) is 1.26. The molecule has 0 saturated heterocycles. The molecule has 146 valence electrons. The Morgan fingerprint density at radius 1 is 1.15 bits per heavy atom. The van der Waals surface area contributed by atoms with Crippen molar-refractivity contribution in [3.63, 3.8) is 0 Å². The van der Waals surface area contributed by atoms with E-state index in [1.165, 1.54) is 7.11 Å². The average Bonchev–Trinajstić information content (AvgIpc) is 2.65. The minimum absolute atomic E-state index is 0.0461. The van der Waals surface area contributed by atoms with Gasteiger partial charge in [0.1, 0.15) is 6.61 Å². The van der Waals surface area contributed by atoms with E-state index in [0.29, 0.717) is 13.0 Å². The molecule has 0 amide bonds. The molecule has 0 heterocycles. The highest BCUT2D eigenvalue weighted by molar-refractivity contribution is 7.99. The van der Waals surface area contributed by atoms with Gasteiger partial charge in [0.25, 0.3) is 0 Å². The third-order valence-electron chi connectivity index (χ3n) is 3.59. The molecule has 0 aliphatic rings. The molecule has 0 spiro atoms. The zero-order chi connectivity index (χ0) is 19.2. The molecular weight excluding hydrogens is 356 g/mol. The fraction of sp³-hybridized carbons (Fsp3) is 0.579. The van der Waals surface area contributed by atoms with Gasteiger partial charge in [0.05, 0.1) is 31.7 Å². The molecule has 0 radical (unpaired) electrons. The van der Waals surface area contributed by atoms with Crippen molar-refractivity contribution in [2.24, 2.45) is 0 Å². The van der Waals surface area contributed by atoms with Crippen molar-refractivity contribution in [1.29, 1.82) is 0 Å². The Morgan fingerprint density at radius 2 is 1.88 bits per heavy atom. The second-order valence-electron chi connectivity index (χ2n) is 5.62. The number of methoxy groups -OCH3 is 1. The SMILES string of the molecule is CCOC(=O)CCCCSC(c1ccccc1)C(O)COCC(=O)OC. The number of ether oxygens (including phenoxy) is 3. The molecule has 0 saturated carbocycles. The van der Waals surface area contributed by atoms with Gasteiger partial charge in [0.15, 0.2) is 0 Å². The third-order valence-corrected chi connectivity index (χ3v) is 5.06. The third kappa shape index (κ3) is 9.22. The van der Waals surface area contributed by atoms with Crippen molar-refractivity contribution in [3.8, 4) is 0 Å². The van der Waals surface area contributed by atoms with Crippen molar-refractivity contribution in [2.45, 2.75) is 37.5 Å². The second-order valence-corrected chi connectivity index (χ2v) is 6.87. The number of benzene rings is 1. The highest BCUT2D eigenvalue weighted by Gasteiger charge is 2.22. The highest BCUT2D eigenvalue weighted by atomic mass is 32.2. The van der Waals surface area contributed by atoms with Crippen LogP contribution in [0.5, 0.6) is 0 Å². The highest BCUT2D eigenvalue weighted by Crippen LogP contribution is 2.33. The topological polar surface area (TPSA) is 82.1 Å². The summed E-state index contributed by atoms with van der Waals surface area (Å²) in [4.78, 5) is 22.5. The van der Waals surface area contributed by atoms with Crippen LogP contribution in [-0.4, -0.2) is 55.8 Å². The van der Waals surface area contributed by atoms with E-state index in [2.05, 4.69) is 4.74 Å². The minimum atomic E-state index is -0.753. The molecule has 0 bridgehead atoms. The van der Waals surface area contributed by atoms with Crippen molar-refractivity contribution in [3.05, 3.63) is 35.9 Å². The molecule has 2 unspecified atom stereocenters. The molecule has 6 nitrogen and oxygen atoms in total. The Hall–Kier alpha value is -1.57. The first-order valence-electron chi connectivity index (χ1n) is 8.73. The van der Waals surface area contributed by atoms with Crippen LogP contribution in [0.4, 0.5) is 0 Å². The molecule has 1 aromatic carbocycles. The molecule has 0 aromatic heterocycles. The number of hydrogen-bond acceptors (Lipinski definition) is 7. The number of aliphatic hydroxyl groups excluding tert-OH is 1. The first-order valence-corrected chi connectivity index (χ1v) is 9.78. The van der Waals surface area contributed by atoms with Crippen LogP contribution >= 0.6 is 11.8 Å². The van der Waals surface area contributed by atoms with Crippen LogP contribution in [-0.2, 0) is 23.8 Å². The first kappa shape index (κ1) is 22.5. The van der Waals surface area contributed by atoms with Crippen LogP contribution < -0.4 is 0 Å². The van der Waals surface area contributed by atoms with Crippen LogP contribution in [0, 0.1) is 0 Å². The van der Waals surface area contributed by atoms with Crippen molar-refractivity contribution < 1.29 is 28.9 Å². The lowest BCUT2D eigenvalue weighted by molar-refractivity contribution is -0.147. The standard InChI is InChI=1S/C19H28O6S/c1-3-25-17(21)11-7-8-12-26-19(15-9-5-4-6-10-15)16(20)13-24-14-18(22)23-2/h4-6,9-10,16,19-20H,3,7-8,11-14H2,1-2H3. The van der Waals surface area contributed by atoms with Crippen molar-refractivity contribution in [1.82, 2.24) is 0 Å². The van der Waals surface area contributed by atoms with E-state index in [1.54, 1.807) is 18.7 Å². The van der Waals surface area contributed by atoms with Gasteiger partial charge in [-0.15, -0.1) is 0 Å². The quantitative estimate of drug-likeness (QED) is 0.414.